The second kappa shape index (κ2) is 6.73. The van der Waals surface area contributed by atoms with Crippen molar-refractivity contribution >= 4 is 22.6 Å². The normalized spacial score (nSPS) is 15.5. The number of carbonyl (C=O) groups excluding carboxylic acids is 1. The maximum Gasteiger partial charge on any atom is 0.255 e. The van der Waals surface area contributed by atoms with Crippen LogP contribution in [0.5, 0.6) is 11.5 Å². The minimum absolute atomic E-state index is 0.152. The van der Waals surface area contributed by atoms with E-state index in [0.29, 0.717) is 24.4 Å². The summed E-state index contributed by atoms with van der Waals surface area (Å²) >= 11 is 0. The van der Waals surface area contributed by atoms with Crippen molar-refractivity contribution in [3.8, 4) is 11.5 Å². The van der Waals surface area contributed by atoms with Gasteiger partial charge in [-0.2, -0.15) is 5.10 Å². The first kappa shape index (κ1) is 16.4. The molecule has 0 bridgehead atoms. The third-order valence-corrected chi connectivity index (χ3v) is 4.53. The second-order valence-corrected chi connectivity index (χ2v) is 6.54. The maximum atomic E-state index is 12.5. The first-order chi connectivity index (χ1) is 13.7. The van der Waals surface area contributed by atoms with Gasteiger partial charge < -0.3 is 19.8 Å². The summed E-state index contributed by atoms with van der Waals surface area (Å²) in [6, 6.07) is 12.9. The van der Waals surface area contributed by atoms with E-state index in [1.54, 1.807) is 35.5 Å². The van der Waals surface area contributed by atoms with Gasteiger partial charge in [-0.1, -0.05) is 12.1 Å². The molecule has 1 aliphatic heterocycles. The van der Waals surface area contributed by atoms with Crippen LogP contribution < -0.4 is 14.8 Å². The van der Waals surface area contributed by atoms with E-state index in [4.69, 9.17) is 9.47 Å². The molecular formula is C20H17N5O3. The van der Waals surface area contributed by atoms with Gasteiger partial charge >= 0.3 is 0 Å². The number of anilines is 1. The van der Waals surface area contributed by atoms with E-state index < -0.39 is 0 Å². The Morgan fingerprint density at radius 1 is 1.25 bits per heavy atom. The number of amides is 1. The number of rotatable bonds is 4. The van der Waals surface area contributed by atoms with E-state index in [-0.39, 0.29) is 12.0 Å². The second-order valence-electron chi connectivity index (χ2n) is 6.54. The lowest BCUT2D eigenvalue weighted by molar-refractivity contribution is 0.0759. The van der Waals surface area contributed by atoms with Gasteiger partial charge in [0, 0.05) is 11.8 Å². The number of para-hydroxylation sites is 2. The molecule has 0 aliphatic carbocycles. The van der Waals surface area contributed by atoms with E-state index in [1.807, 2.05) is 30.3 Å². The molecule has 8 heteroatoms. The lowest BCUT2D eigenvalue weighted by atomic mass is 10.2. The summed E-state index contributed by atoms with van der Waals surface area (Å²) in [6.45, 7) is 0.965. The standard InChI is InChI=1S/C20H17N5O3/c26-20(13-5-6-16-17(7-13)22-12-21-16)24-14-8-23-25(9-14)10-15-11-27-18-3-1-2-4-19(18)28-15/h1-9,12,15H,10-11H2,(H,21,22)(H,24,26)/t15-/m0/s1. The van der Waals surface area contributed by atoms with Gasteiger partial charge in [0.1, 0.15) is 6.61 Å². The number of aromatic nitrogens is 4. The van der Waals surface area contributed by atoms with Crippen molar-refractivity contribution < 1.29 is 14.3 Å². The predicted molar refractivity (Wildman–Crippen MR) is 103 cm³/mol. The number of imidazole rings is 1. The van der Waals surface area contributed by atoms with Crippen molar-refractivity contribution in [3.63, 3.8) is 0 Å². The smallest absolute Gasteiger partial charge is 0.255 e. The van der Waals surface area contributed by atoms with Crippen molar-refractivity contribution in [3.05, 3.63) is 66.7 Å². The first-order valence-electron chi connectivity index (χ1n) is 8.90. The third-order valence-electron chi connectivity index (χ3n) is 4.53. The molecule has 8 nitrogen and oxygen atoms in total. The molecule has 2 aromatic heterocycles. The molecule has 3 heterocycles. The van der Waals surface area contributed by atoms with Crippen LogP contribution in [0.2, 0.25) is 0 Å². The number of hydrogen-bond donors (Lipinski definition) is 2. The highest BCUT2D eigenvalue weighted by atomic mass is 16.6. The average molecular weight is 375 g/mol. The van der Waals surface area contributed by atoms with E-state index in [9.17, 15) is 4.79 Å². The van der Waals surface area contributed by atoms with Gasteiger partial charge in [0.05, 0.1) is 35.8 Å². The van der Waals surface area contributed by atoms with Crippen LogP contribution in [0.1, 0.15) is 10.4 Å². The number of hydrogen-bond acceptors (Lipinski definition) is 5. The fourth-order valence-electron chi connectivity index (χ4n) is 3.17. The van der Waals surface area contributed by atoms with Gasteiger partial charge in [0.2, 0.25) is 0 Å². The monoisotopic (exact) mass is 375 g/mol. The zero-order chi connectivity index (χ0) is 18.9. The van der Waals surface area contributed by atoms with Gasteiger partial charge in [0.15, 0.2) is 17.6 Å². The topological polar surface area (TPSA) is 94.1 Å². The highest BCUT2D eigenvalue weighted by Crippen LogP contribution is 2.31. The number of carbonyl (C=O) groups is 1. The third kappa shape index (κ3) is 3.16. The van der Waals surface area contributed by atoms with Crippen LogP contribution >= 0.6 is 0 Å². The Labute approximate surface area is 160 Å². The van der Waals surface area contributed by atoms with Crippen molar-refractivity contribution in [2.24, 2.45) is 0 Å². The Kier molecular flexibility index (Phi) is 3.93. The van der Waals surface area contributed by atoms with E-state index >= 15 is 0 Å². The average Bonchev–Trinajstić information content (AvgIpc) is 3.36. The van der Waals surface area contributed by atoms with Gasteiger partial charge in [0.25, 0.3) is 5.91 Å². The molecule has 140 valence electrons. The highest BCUT2D eigenvalue weighted by molar-refractivity contribution is 6.05. The molecule has 2 aromatic carbocycles. The van der Waals surface area contributed by atoms with Gasteiger partial charge in [-0.3, -0.25) is 9.48 Å². The van der Waals surface area contributed by atoms with Crippen LogP contribution in [0.15, 0.2) is 61.2 Å². The van der Waals surface area contributed by atoms with Gasteiger partial charge in [-0.05, 0) is 30.3 Å². The van der Waals surface area contributed by atoms with Crippen LogP contribution in [0.3, 0.4) is 0 Å². The lowest BCUT2D eigenvalue weighted by Crippen LogP contribution is -2.33. The van der Waals surface area contributed by atoms with E-state index in [1.165, 1.54) is 0 Å². The number of nitrogens with zero attached hydrogens (tertiary/aromatic N) is 3. The molecule has 0 fully saturated rings. The lowest BCUT2D eigenvalue weighted by Gasteiger charge is -2.26. The van der Waals surface area contributed by atoms with Gasteiger partial charge in [-0.25, -0.2) is 4.98 Å². The van der Waals surface area contributed by atoms with Crippen molar-refractivity contribution in [2.75, 3.05) is 11.9 Å². The zero-order valence-electron chi connectivity index (χ0n) is 14.8. The Hall–Kier alpha value is -3.81. The fourth-order valence-corrected chi connectivity index (χ4v) is 3.17. The largest absolute Gasteiger partial charge is 0.486 e. The number of nitrogens with one attached hydrogen (secondary N) is 2. The molecule has 0 unspecified atom stereocenters. The minimum atomic E-state index is -0.206. The molecule has 4 aromatic rings. The van der Waals surface area contributed by atoms with Crippen molar-refractivity contribution in [1.29, 1.82) is 0 Å². The maximum absolute atomic E-state index is 12.5. The summed E-state index contributed by atoms with van der Waals surface area (Å²) in [4.78, 5) is 19.6. The Morgan fingerprint density at radius 3 is 3.07 bits per heavy atom. The summed E-state index contributed by atoms with van der Waals surface area (Å²) in [5.74, 6) is 1.28. The molecule has 5 rings (SSSR count). The molecular weight excluding hydrogens is 358 g/mol. The summed E-state index contributed by atoms with van der Waals surface area (Å²) < 4.78 is 13.4. The fraction of sp³-hybridized carbons (Fsp3) is 0.150. The van der Waals surface area contributed by atoms with Crippen LogP contribution in [0, 0.1) is 0 Å². The highest BCUT2D eigenvalue weighted by Gasteiger charge is 2.21. The van der Waals surface area contributed by atoms with Gasteiger partial charge in [-0.15, -0.1) is 0 Å². The summed E-state index contributed by atoms with van der Waals surface area (Å²) in [6.07, 6.45) is 4.84. The summed E-state index contributed by atoms with van der Waals surface area (Å²) in [5.41, 5.74) is 2.80. The zero-order valence-corrected chi connectivity index (χ0v) is 14.8. The summed E-state index contributed by atoms with van der Waals surface area (Å²) in [7, 11) is 0. The quantitative estimate of drug-likeness (QED) is 0.572. The van der Waals surface area contributed by atoms with Crippen LogP contribution in [-0.4, -0.2) is 38.4 Å². The number of benzene rings is 2. The minimum Gasteiger partial charge on any atom is -0.486 e. The number of H-pyrrole nitrogens is 1. The Morgan fingerprint density at radius 2 is 2.14 bits per heavy atom. The molecule has 1 atom stereocenters. The van der Waals surface area contributed by atoms with Crippen molar-refractivity contribution in [1.82, 2.24) is 19.7 Å². The molecule has 0 spiro atoms. The molecule has 1 amide bonds. The SMILES string of the molecule is O=C(Nc1cnn(C[C@H]2COc3ccccc3O2)c1)c1ccc2nc[nH]c2c1. The first-order valence-corrected chi connectivity index (χ1v) is 8.90. The van der Waals surface area contributed by atoms with Crippen LogP contribution in [-0.2, 0) is 6.54 Å². The molecule has 2 N–H and O–H groups in total. The van der Waals surface area contributed by atoms with Crippen molar-refractivity contribution in [2.45, 2.75) is 12.6 Å². The molecule has 28 heavy (non-hydrogen) atoms. The predicted octanol–water partition coefficient (Wildman–Crippen LogP) is 2.85. The Bertz CT molecular complexity index is 1150. The number of aromatic amines is 1. The number of ether oxygens (including phenoxy) is 2. The Balaban J connectivity index is 1.24. The molecule has 0 saturated heterocycles. The van der Waals surface area contributed by atoms with E-state index in [2.05, 4.69) is 20.4 Å². The molecule has 1 aliphatic rings. The number of fused-ring (bicyclic) bond motifs is 2. The van der Waals surface area contributed by atoms with Crippen LogP contribution in [0.25, 0.3) is 11.0 Å². The van der Waals surface area contributed by atoms with Crippen LogP contribution in [0.4, 0.5) is 5.69 Å². The molecule has 0 saturated carbocycles. The summed E-state index contributed by atoms with van der Waals surface area (Å²) in [5, 5.41) is 7.16. The molecule has 0 radical (unpaired) electrons. The van der Waals surface area contributed by atoms with E-state index in [0.717, 1.165) is 22.5 Å².